The molecule has 6 heteroatoms. The number of rotatable bonds is 5. The van der Waals surface area contributed by atoms with Gasteiger partial charge >= 0.3 is 0 Å². The first-order valence-corrected chi connectivity index (χ1v) is 8.17. The van der Waals surface area contributed by atoms with E-state index in [9.17, 15) is 0 Å². The molecule has 126 valence electrons. The Hall–Kier alpha value is -2.76. The summed E-state index contributed by atoms with van der Waals surface area (Å²) in [5, 5.41) is 7.68. The lowest BCUT2D eigenvalue weighted by Crippen LogP contribution is -2.36. The Morgan fingerprint density at radius 2 is 2.08 bits per heavy atom. The maximum Gasteiger partial charge on any atom is 0.214 e. The molecule has 2 heterocycles. The van der Waals surface area contributed by atoms with E-state index in [-0.39, 0.29) is 0 Å². The van der Waals surface area contributed by atoms with Crippen LogP contribution in [0.25, 0.3) is 10.9 Å². The fourth-order valence-corrected chi connectivity index (χ4v) is 2.50. The smallest absolute Gasteiger partial charge is 0.214 e. The van der Waals surface area contributed by atoms with Crippen LogP contribution in [-0.4, -0.2) is 22.5 Å². The molecule has 0 aliphatic carbocycles. The predicted molar refractivity (Wildman–Crippen MR) is 95.9 cm³/mol. The van der Waals surface area contributed by atoms with Crippen LogP contribution in [0.3, 0.4) is 0 Å². The molecule has 0 unspecified atom stereocenters. The molecule has 0 saturated carbocycles. The molecule has 3 rings (SSSR count). The van der Waals surface area contributed by atoms with E-state index in [1.807, 2.05) is 32.9 Å². The zero-order chi connectivity index (χ0) is 16.9. The maximum absolute atomic E-state index is 5.58. The Bertz CT molecular complexity index is 794. The molecular formula is C18H23N5O. The summed E-state index contributed by atoms with van der Waals surface area (Å²) in [4.78, 5) is 12.4. The van der Waals surface area contributed by atoms with E-state index in [1.54, 1.807) is 0 Å². The van der Waals surface area contributed by atoms with Crippen molar-refractivity contribution in [1.29, 1.82) is 0 Å². The molecule has 1 aromatic carbocycles. The summed E-state index contributed by atoms with van der Waals surface area (Å²) in [5.41, 5.74) is 3.13. The fraction of sp³-hybridized carbons (Fsp3) is 0.333. The maximum atomic E-state index is 5.58. The Morgan fingerprint density at radius 3 is 2.79 bits per heavy atom. The second kappa shape index (κ2) is 7.21. The van der Waals surface area contributed by atoms with Crippen molar-refractivity contribution >= 4 is 16.9 Å². The minimum absolute atomic E-state index is 0.507. The second-order valence-electron chi connectivity index (χ2n) is 5.68. The van der Waals surface area contributed by atoms with Crippen LogP contribution in [0.15, 0.2) is 39.7 Å². The van der Waals surface area contributed by atoms with Crippen molar-refractivity contribution < 1.29 is 4.42 Å². The van der Waals surface area contributed by atoms with Gasteiger partial charge in [-0.25, -0.2) is 9.98 Å². The molecule has 0 radical (unpaired) electrons. The third kappa shape index (κ3) is 3.76. The fourth-order valence-electron chi connectivity index (χ4n) is 2.50. The van der Waals surface area contributed by atoms with Crippen molar-refractivity contribution in [2.75, 3.05) is 6.54 Å². The van der Waals surface area contributed by atoms with Crippen LogP contribution in [0.5, 0.6) is 0 Å². The number of para-hydroxylation sites is 1. The van der Waals surface area contributed by atoms with Crippen LogP contribution in [-0.2, 0) is 13.1 Å². The number of nitrogens with zero attached hydrogens (tertiary/aromatic N) is 2. The molecule has 0 amide bonds. The minimum Gasteiger partial charge on any atom is -0.444 e. The van der Waals surface area contributed by atoms with Crippen LogP contribution < -0.4 is 10.6 Å². The number of benzene rings is 1. The lowest BCUT2D eigenvalue weighted by molar-refractivity contribution is 0.463. The van der Waals surface area contributed by atoms with Gasteiger partial charge in [0.2, 0.25) is 5.89 Å². The van der Waals surface area contributed by atoms with Crippen molar-refractivity contribution in [3.63, 3.8) is 0 Å². The molecular weight excluding hydrogens is 302 g/mol. The Kier molecular flexibility index (Phi) is 4.84. The number of aryl methyl sites for hydroxylation is 2. The topological polar surface area (TPSA) is 78.2 Å². The molecule has 24 heavy (non-hydrogen) atoms. The largest absolute Gasteiger partial charge is 0.444 e. The van der Waals surface area contributed by atoms with Gasteiger partial charge < -0.3 is 20.0 Å². The summed E-state index contributed by atoms with van der Waals surface area (Å²) in [7, 11) is 0. The first kappa shape index (κ1) is 16.1. The van der Waals surface area contributed by atoms with Gasteiger partial charge in [-0.05, 0) is 38.3 Å². The standard InChI is InChI=1S/C18H23N5O/c1-4-19-18(21-11-17-22-12(2)13(3)24-17)20-10-15-9-14-7-5-6-8-16(14)23-15/h5-9,23H,4,10-11H2,1-3H3,(H2,19,20,21). The van der Waals surface area contributed by atoms with Crippen molar-refractivity contribution in [3.8, 4) is 0 Å². The van der Waals surface area contributed by atoms with Crippen molar-refractivity contribution in [3.05, 3.63) is 53.4 Å². The minimum atomic E-state index is 0.507. The highest BCUT2D eigenvalue weighted by atomic mass is 16.4. The number of fused-ring (bicyclic) bond motifs is 1. The van der Waals surface area contributed by atoms with Crippen LogP contribution in [0.1, 0.15) is 30.0 Å². The van der Waals surface area contributed by atoms with Gasteiger partial charge in [0.15, 0.2) is 5.96 Å². The number of H-pyrrole nitrogens is 1. The monoisotopic (exact) mass is 325 g/mol. The third-order valence-corrected chi connectivity index (χ3v) is 3.82. The van der Waals surface area contributed by atoms with E-state index in [2.05, 4.69) is 43.8 Å². The summed E-state index contributed by atoms with van der Waals surface area (Å²) in [6.07, 6.45) is 0. The SMILES string of the molecule is CCNC(=NCc1cc2ccccc2[nH]1)NCc1nc(C)c(C)o1. The van der Waals surface area contributed by atoms with Gasteiger partial charge in [0, 0.05) is 17.8 Å². The Balaban J connectivity index is 1.66. The second-order valence-corrected chi connectivity index (χ2v) is 5.68. The van der Waals surface area contributed by atoms with E-state index in [1.165, 1.54) is 5.39 Å². The quantitative estimate of drug-likeness (QED) is 0.498. The highest BCUT2D eigenvalue weighted by Crippen LogP contribution is 2.15. The lowest BCUT2D eigenvalue weighted by Gasteiger charge is -2.09. The van der Waals surface area contributed by atoms with E-state index < -0.39 is 0 Å². The molecule has 0 fully saturated rings. The molecule has 3 aromatic rings. The van der Waals surface area contributed by atoms with Gasteiger partial charge in [0.25, 0.3) is 0 Å². The Morgan fingerprint density at radius 1 is 1.25 bits per heavy atom. The van der Waals surface area contributed by atoms with Gasteiger partial charge in [-0.1, -0.05) is 18.2 Å². The van der Waals surface area contributed by atoms with Gasteiger partial charge in [-0.2, -0.15) is 0 Å². The molecule has 3 N–H and O–H groups in total. The number of guanidine groups is 1. The van der Waals surface area contributed by atoms with Crippen LogP contribution in [0, 0.1) is 13.8 Å². The van der Waals surface area contributed by atoms with E-state index in [0.717, 1.165) is 35.2 Å². The average molecular weight is 325 g/mol. The van der Waals surface area contributed by atoms with Gasteiger partial charge in [-0.3, -0.25) is 0 Å². The highest BCUT2D eigenvalue weighted by molar-refractivity contribution is 5.81. The van der Waals surface area contributed by atoms with Crippen molar-refractivity contribution in [2.24, 2.45) is 4.99 Å². The van der Waals surface area contributed by atoms with Crippen molar-refractivity contribution in [1.82, 2.24) is 20.6 Å². The normalized spacial score (nSPS) is 11.9. The van der Waals surface area contributed by atoms with Crippen LogP contribution >= 0.6 is 0 Å². The predicted octanol–water partition coefficient (Wildman–Crippen LogP) is 3.03. The zero-order valence-electron chi connectivity index (χ0n) is 14.3. The summed E-state index contributed by atoms with van der Waals surface area (Å²) in [6.45, 7) is 7.78. The third-order valence-electron chi connectivity index (χ3n) is 3.82. The highest BCUT2D eigenvalue weighted by Gasteiger charge is 2.06. The number of oxazole rings is 1. The first-order valence-electron chi connectivity index (χ1n) is 8.17. The summed E-state index contributed by atoms with van der Waals surface area (Å²) in [6, 6.07) is 10.4. The molecule has 0 spiro atoms. The van der Waals surface area contributed by atoms with Crippen molar-refractivity contribution in [2.45, 2.75) is 33.9 Å². The number of hydrogen-bond acceptors (Lipinski definition) is 3. The van der Waals surface area contributed by atoms with E-state index in [4.69, 9.17) is 4.42 Å². The number of nitrogens with one attached hydrogen (secondary N) is 3. The molecule has 6 nitrogen and oxygen atoms in total. The number of aromatic amines is 1. The summed E-state index contributed by atoms with van der Waals surface area (Å²) < 4.78 is 5.58. The van der Waals surface area contributed by atoms with Gasteiger partial charge in [-0.15, -0.1) is 0 Å². The molecule has 0 saturated heterocycles. The van der Waals surface area contributed by atoms with Crippen LogP contribution in [0.4, 0.5) is 0 Å². The first-order chi connectivity index (χ1) is 11.7. The Labute approximate surface area is 141 Å². The molecule has 0 bridgehead atoms. The molecule has 0 atom stereocenters. The van der Waals surface area contributed by atoms with E-state index >= 15 is 0 Å². The van der Waals surface area contributed by atoms with E-state index in [0.29, 0.717) is 19.0 Å². The lowest BCUT2D eigenvalue weighted by atomic mass is 10.2. The van der Waals surface area contributed by atoms with Gasteiger partial charge in [0.05, 0.1) is 18.8 Å². The zero-order valence-corrected chi connectivity index (χ0v) is 14.3. The summed E-state index contributed by atoms with van der Waals surface area (Å²) in [5.74, 6) is 2.26. The van der Waals surface area contributed by atoms with Gasteiger partial charge in [0.1, 0.15) is 5.76 Å². The number of aliphatic imine (C=N–C) groups is 1. The molecule has 2 aromatic heterocycles. The molecule has 0 aliphatic rings. The molecule has 0 aliphatic heterocycles. The summed E-state index contributed by atoms with van der Waals surface area (Å²) >= 11 is 0. The van der Waals surface area contributed by atoms with Crippen LogP contribution in [0.2, 0.25) is 0 Å². The average Bonchev–Trinajstić information content (AvgIpc) is 3.13. The number of aromatic nitrogens is 2. The number of hydrogen-bond donors (Lipinski definition) is 3.